The van der Waals surface area contributed by atoms with E-state index in [9.17, 15) is 5.11 Å². The molecule has 16 heavy (non-hydrogen) atoms. The van der Waals surface area contributed by atoms with Gasteiger partial charge in [-0.1, -0.05) is 33.3 Å². The van der Waals surface area contributed by atoms with Crippen LogP contribution in [0.15, 0.2) is 18.2 Å². The molecule has 0 spiro atoms. The zero-order valence-electron chi connectivity index (χ0n) is 10.3. The molecule has 0 saturated heterocycles. The summed E-state index contributed by atoms with van der Waals surface area (Å²) in [6.07, 6.45) is 2.15. The summed E-state index contributed by atoms with van der Waals surface area (Å²) < 4.78 is 0. The standard InChI is InChI=1S/C14H21NO/c1-4-9-7-10-5-6-11(16)8-12(10)14(2,3)13(9)15/h5-6,8-9,13,16H,4,7,15H2,1-3H3/t9-,13+/m0/s1. The Morgan fingerprint density at radius 1 is 1.44 bits per heavy atom. The SMILES string of the molecule is CC[C@H]1Cc2ccc(O)cc2C(C)(C)[C@@H]1N. The zero-order valence-corrected chi connectivity index (χ0v) is 10.3. The minimum absolute atomic E-state index is 0.0486. The Labute approximate surface area is 97.5 Å². The van der Waals surface area contributed by atoms with E-state index in [-0.39, 0.29) is 11.5 Å². The molecule has 1 aliphatic carbocycles. The number of benzene rings is 1. The second-order valence-electron chi connectivity index (χ2n) is 5.46. The van der Waals surface area contributed by atoms with Crippen LogP contribution >= 0.6 is 0 Å². The molecular weight excluding hydrogens is 198 g/mol. The first kappa shape index (κ1) is 11.5. The third-order valence-corrected chi connectivity index (χ3v) is 4.14. The highest BCUT2D eigenvalue weighted by atomic mass is 16.3. The van der Waals surface area contributed by atoms with Crippen LogP contribution in [-0.2, 0) is 11.8 Å². The summed E-state index contributed by atoms with van der Waals surface area (Å²) >= 11 is 0. The second-order valence-corrected chi connectivity index (χ2v) is 5.46. The summed E-state index contributed by atoms with van der Waals surface area (Å²) in [4.78, 5) is 0. The Bertz CT molecular complexity index is 398. The molecule has 0 aromatic heterocycles. The number of aromatic hydroxyl groups is 1. The number of rotatable bonds is 1. The maximum absolute atomic E-state index is 9.59. The average Bonchev–Trinajstić information content (AvgIpc) is 2.25. The summed E-state index contributed by atoms with van der Waals surface area (Å²) in [7, 11) is 0. The predicted molar refractivity (Wildman–Crippen MR) is 66.6 cm³/mol. The van der Waals surface area contributed by atoms with Gasteiger partial charge in [-0.15, -0.1) is 0 Å². The fourth-order valence-electron chi connectivity index (χ4n) is 2.92. The first-order valence-electron chi connectivity index (χ1n) is 6.04. The molecule has 0 saturated carbocycles. The van der Waals surface area contributed by atoms with Gasteiger partial charge in [0.2, 0.25) is 0 Å². The van der Waals surface area contributed by atoms with Crippen molar-refractivity contribution in [3.8, 4) is 5.75 Å². The maximum atomic E-state index is 9.59. The van der Waals surface area contributed by atoms with Crippen LogP contribution in [0.25, 0.3) is 0 Å². The highest BCUT2D eigenvalue weighted by Gasteiger charge is 2.39. The van der Waals surface area contributed by atoms with Crippen LogP contribution in [0, 0.1) is 5.92 Å². The van der Waals surface area contributed by atoms with Crippen LogP contribution in [0.1, 0.15) is 38.3 Å². The van der Waals surface area contributed by atoms with E-state index in [1.54, 1.807) is 6.07 Å². The number of phenols is 1. The van der Waals surface area contributed by atoms with Gasteiger partial charge in [0, 0.05) is 11.5 Å². The lowest BCUT2D eigenvalue weighted by atomic mass is 9.64. The quantitative estimate of drug-likeness (QED) is 0.762. The van der Waals surface area contributed by atoms with Crippen molar-refractivity contribution >= 4 is 0 Å². The molecule has 2 atom stereocenters. The van der Waals surface area contributed by atoms with Gasteiger partial charge >= 0.3 is 0 Å². The summed E-state index contributed by atoms with van der Waals surface area (Å²) in [6, 6.07) is 5.87. The van der Waals surface area contributed by atoms with E-state index < -0.39 is 0 Å². The normalized spacial score (nSPS) is 27.5. The number of hydrogen-bond donors (Lipinski definition) is 2. The number of phenolic OH excluding ortho intramolecular Hbond substituents is 1. The Morgan fingerprint density at radius 3 is 2.75 bits per heavy atom. The Balaban J connectivity index is 2.52. The Hall–Kier alpha value is -1.02. The Morgan fingerprint density at radius 2 is 2.12 bits per heavy atom. The molecule has 0 amide bonds. The van der Waals surface area contributed by atoms with E-state index in [4.69, 9.17) is 5.73 Å². The minimum atomic E-state index is -0.0486. The van der Waals surface area contributed by atoms with E-state index in [1.807, 2.05) is 12.1 Å². The van der Waals surface area contributed by atoms with Crippen molar-refractivity contribution in [3.63, 3.8) is 0 Å². The molecule has 2 heteroatoms. The molecule has 0 bridgehead atoms. The molecule has 1 aromatic rings. The van der Waals surface area contributed by atoms with Gasteiger partial charge in [-0.05, 0) is 35.6 Å². The molecule has 1 aliphatic rings. The van der Waals surface area contributed by atoms with Crippen LogP contribution in [0.2, 0.25) is 0 Å². The van der Waals surface area contributed by atoms with Crippen molar-refractivity contribution < 1.29 is 5.11 Å². The van der Waals surface area contributed by atoms with Crippen molar-refractivity contribution in [1.29, 1.82) is 0 Å². The Kier molecular flexibility index (Phi) is 2.70. The zero-order chi connectivity index (χ0) is 11.9. The van der Waals surface area contributed by atoms with Gasteiger partial charge in [0.1, 0.15) is 5.75 Å². The van der Waals surface area contributed by atoms with E-state index >= 15 is 0 Å². The lowest BCUT2D eigenvalue weighted by Gasteiger charge is -2.43. The number of hydrogen-bond acceptors (Lipinski definition) is 2. The van der Waals surface area contributed by atoms with Crippen molar-refractivity contribution in [2.24, 2.45) is 11.7 Å². The van der Waals surface area contributed by atoms with Crippen molar-refractivity contribution in [1.82, 2.24) is 0 Å². The monoisotopic (exact) mass is 219 g/mol. The third kappa shape index (κ3) is 1.61. The van der Waals surface area contributed by atoms with E-state index in [0.717, 1.165) is 12.8 Å². The van der Waals surface area contributed by atoms with Gasteiger partial charge in [-0.2, -0.15) is 0 Å². The lowest BCUT2D eigenvalue weighted by Crippen LogP contribution is -2.50. The molecule has 88 valence electrons. The van der Waals surface area contributed by atoms with Crippen LogP contribution in [-0.4, -0.2) is 11.1 Å². The van der Waals surface area contributed by atoms with Crippen molar-refractivity contribution in [3.05, 3.63) is 29.3 Å². The molecule has 2 rings (SSSR count). The highest BCUT2D eigenvalue weighted by Crippen LogP contribution is 2.41. The minimum Gasteiger partial charge on any atom is -0.508 e. The molecule has 0 aliphatic heterocycles. The van der Waals surface area contributed by atoms with Crippen LogP contribution in [0.3, 0.4) is 0 Å². The smallest absolute Gasteiger partial charge is 0.115 e. The van der Waals surface area contributed by atoms with E-state index in [2.05, 4.69) is 20.8 Å². The van der Waals surface area contributed by atoms with Gasteiger partial charge in [-0.25, -0.2) is 0 Å². The molecule has 2 nitrogen and oxygen atoms in total. The summed E-state index contributed by atoms with van der Waals surface area (Å²) in [5.74, 6) is 0.890. The second kappa shape index (κ2) is 3.77. The first-order chi connectivity index (χ1) is 7.46. The molecule has 0 fully saturated rings. The molecule has 3 N–H and O–H groups in total. The van der Waals surface area contributed by atoms with Crippen LogP contribution < -0.4 is 5.73 Å². The van der Waals surface area contributed by atoms with E-state index in [1.165, 1.54) is 11.1 Å². The van der Waals surface area contributed by atoms with Gasteiger partial charge in [-0.3, -0.25) is 0 Å². The highest BCUT2D eigenvalue weighted by molar-refractivity contribution is 5.43. The third-order valence-electron chi connectivity index (χ3n) is 4.14. The van der Waals surface area contributed by atoms with Crippen LogP contribution in [0.4, 0.5) is 0 Å². The van der Waals surface area contributed by atoms with E-state index in [0.29, 0.717) is 11.7 Å². The summed E-state index contributed by atoms with van der Waals surface area (Å²) in [5, 5.41) is 9.59. The van der Waals surface area contributed by atoms with Crippen LogP contribution in [0.5, 0.6) is 5.75 Å². The van der Waals surface area contributed by atoms with Gasteiger partial charge in [0.25, 0.3) is 0 Å². The van der Waals surface area contributed by atoms with Crippen molar-refractivity contribution in [2.45, 2.75) is 45.1 Å². The van der Waals surface area contributed by atoms with Crippen molar-refractivity contribution in [2.75, 3.05) is 0 Å². The average molecular weight is 219 g/mol. The molecule has 0 heterocycles. The van der Waals surface area contributed by atoms with Gasteiger partial charge in [0.05, 0.1) is 0 Å². The molecular formula is C14H21NO. The lowest BCUT2D eigenvalue weighted by molar-refractivity contribution is 0.262. The van der Waals surface area contributed by atoms with Gasteiger partial charge < -0.3 is 10.8 Å². The summed E-state index contributed by atoms with van der Waals surface area (Å²) in [5.41, 5.74) is 8.86. The molecule has 1 aromatic carbocycles. The fourth-order valence-corrected chi connectivity index (χ4v) is 2.92. The number of nitrogens with two attached hydrogens (primary N) is 1. The fraction of sp³-hybridized carbons (Fsp3) is 0.571. The largest absolute Gasteiger partial charge is 0.508 e. The first-order valence-corrected chi connectivity index (χ1v) is 6.04. The van der Waals surface area contributed by atoms with Gasteiger partial charge in [0.15, 0.2) is 0 Å². The topological polar surface area (TPSA) is 46.2 Å². The molecule has 0 unspecified atom stereocenters. The number of fused-ring (bicyclic) bond motifs is 1. The predicted octanol–water partition coefficient (Wildman–Crippen LogP) is 2.58. The maximum Gasteiger partial charge on any atom is 0.115 e. The summed E-state index contributed by atoms with van der Waals surface area (Å²) in [6.45, 7) is 6.56. The molecule has 0 radical (unpaired) electrons.